The Balaban J connectivity index is 1.41. The van der Waals surface area contributed by atoms with E-state index < -0.39 is 6.36 Å². The first-order valence-corrected chi connectivity index (χ1v) is 12.6. The van der Waals surface area contributed by atoms with Crippen LogP contribution in [0.25, 0.3) is 11.1 Å². The summed E-state index contributed by atoms with van der Waals surface area (Å²) in [7, 11) is 0. The Hall–Kier alpha value is -2.91. The number of ether oxygens (including phenoxy) is 1. The lowest BCUT2D eigenvalue weighted by Gasteiger charge is -2.30. The number of benzene rings is 2. The second-order valence-electron chi connectivity index (χ2n) is 8.61. The first kappa shape index (κ1) is 25.2. The number of nitrogens with zero attached hydrogens (tertiary/aromatic N) is 2. The van der Waals surface area contributed by atoms with Crippen molar-refractivity contribution in [2.24, 2.45) is 0 Å². The molecule has 4 rings (SSSR count). The van der Waals surface area contributed by atoms with Gasteiger partial charge in [0.15, 0.2) is 0 Å². The van der Waals surface area contributed by atoms with Gasteiger partial charge in [-0.3, -0.25) is 4.79 Å². The fraction of sp³-hybridized carbons (Fsp3) is 0.385. The largest absolute Gasteiger partial charge is 0.573 e. The molecule has 35 heavy (non-hydrogen) atoms. The molecular weight excluding hydrogens is 475 g/mol. The van der Waals surface area contributed by atoms with Crippen LogP contribution in [0.1, 0.15) is 54.0 Å². The van der Waals surface area contributed by atoms with Gasteiger partial charge in [-0.05, 0) is 62.7 Å². The van der Waals surface area contributed by atoms with Crippen LogP contribution in [-0.4, -0.2) is 41.8 Å². The normalized spacial score (nSPS) is 15.2. The Morgan fingerprint density at radius 3 is 2.54 bits per heavy atom. The molecule has 0 atom stereocenters. The summed E-state index contributed by atoms with van der Waals surface area (Å²) in [4.78, 5) is 20.1. The van der Waals surface area contributed by atoms with Gasteiger partial charge in [-0.2, -0.15) is 0 Å². The number of rotatable bonds is 8. The summed E-state index contributed by atoms with van der Waals surface area (Å²) in [5.74, 6) is -0.226. The fourth-order valence-corrected chi connectivity index (χ4v) is 5.20. The molecule has 1 N–H and O–H groups in total. The molecule has 0 bridgehead atoms. The topological polar surface area (TPSA) is 54.5 Å². The molecule has 0 aliphatic carbocycles. The van der Waals surface area contributed by atoms with Gasteiger partial charge in [-0.1, -0.05) is 43.7 Å². The van der Waals surface area contributed by atoms with Gasteiger partial charge >= 0.3 is 6.36 Å². The number of unbranched alkanes of at least 4 members (excludes halogenated alkanes) is 1. The van der Waals surface area contributed by atoms with Crippen LogP contribution in [0.2, 0.25) is 0 Å². The predicted octanol–water partition coefficient (Wildman–Crippen LogP) is 6.94. The lowest BCUT2D eigenvalue weighted by Crippen LogP contribution is -2.33. The highest BCUT2D eigenvalue weighted by Crippen LogP contribution is 2.33. The lowest BCUT2D eigenvalue weighted by atomic mass is 9.97. The molecule has 2 aromatic carbocycles. The Morgan fingerprint density at radius 1 is 1.14 bits per heavy atom. The third-order valence-corrected chi connectivity index (χ3v) is 7.10. The number of anilines is 1. The average molecular weight is 504 g/mol. The van der Waals surface area contributed by atoms with Gasteiger partial charge < -0.3 is 15.0 Å². The van der Waals surface area contributed by atoms with Crippen molar-refractivity contribution in [3.8, 4) is 16.9 Å². The van der Waals surface area contributed by atoms with Crippen LogP contribution >= 0.6 is 11.3 Å². The predicted molar refractivity (Wildman–Crippen MR) is 132 cm³/mol. The average Bonchev–Trinajstić information content (AvgIpc) is 3.34. The molecule has 0 spiro atoms. The van der Waals surface area contributed by atoms with E-state index in [4.69, 9.17) is 0 Å². The third kappa shape index (κ3) is 6.82. The van der Waals surface area contributed by atoms with E-state index in [2.05, 4.69) is 26.9 Å². The van der Waals surface area contributed by atoms with Crippen molar-refractivity contribution < 1.29 is 22.7 Å². The molecule has 186 valence electrons. The number of amides is 1. The van der Waals surface area contributed by atoms with Crippen molar-refractivity contribution in [1.82, 2.24) is 9.88 Å². The molecule has 1 aliphatic rings. The van der Waals surface area contributed by atoms with E-state index in [-0.39, 0.29) is 11.7 Å². The summed E-state index contributed by atoms with van der Waals surface area (Å²) in [6.07, 6.45) is -0.221. The lowest BCUT2D eigenvalue weighted by molar-refractivity contribution is -0.274. The monoisotopic (exact) mass is 503 g/mol. The third-order valence-electron chi connectivity index (χ3n) is 6.09. The molecule has 0 radical (unpaired) electrons. The van der Waals surface area contributed by atoms with Crippen molar-refractivity contribution in [3.63, 3.8) is 0 Å². The molecule has 9 heteroatoms. The Kier molecular flexibility index (Phi) is 8.07. The summed E-state index contributed by atoms with van der Waals surface area (Å²) < 4.78 is 41.3. The number of para-hydroxylation sites is 1. The van der Waals surface area contributed by atoms with Crippen LogP contribution in [0, 0.1) is 0 Å². The SMILES string of the molecule is CCCCN1CCC(c2nc(C(=O)Nc3ccccc3-c3ccc(OC(F)(F)F)cc3)cs2)CC1. The van der Waals surface area contributed by atoms with E-state index in [9.17, 15) is 18.0 Å². The van der Waals surface area contributed by atoms with Gasteiger partial charge in [0, 0.05) is 22.5 Å². The van der Waals surface area contributed by atoms with E-state index in [1.165, 1.54) is 48.4 Å². The molecule has 1 aromatic heterocycles. The molecule has 1 amide bonds. The number of nitrogens with one attached hydrogen (secondary N) is 1. The molecule has 1 fully saturated rings. The summed E-state index contributed by atoms with van der Waals surface area (Å²) in [5, 5.41) is 5.70. The van der Waals surface area contributed by atoms with E-state index in [0.717, 1.165) is 37.5 Å². The van der Waals surface area contributed by atoms with Crippen LogP contribution in [0.4, 0.5) is 18.9 Å². The Labute approximate surface area is 206 Å². The van der Waals surface area contributed by atoms with Crippen LogP contribution in [0.3, 0.4) is 0 Å². The molecule has 2 heterocycles. The fourth-order valence-electron chi connectivity index (χ4n) is 4.23. The van der Waals surface area contributed by atoms with Gasteiger partial charge in [0.2, 0.25) is 0 Å². The maximum atomic E-state index is 13.0. The smallest absolute Gasteiger partial charge is 0.406 e. The second kappa shape index (κ2) is 11.2. The Morgan fingerprint density at radius 2 is 1.86 bits per heavy atom. The van der Waals surface area contributed by atoms with Gasteiger partial charge in [0.25, 0.3) is 5.91 Å². The van der Waals surface area contributed by atoms with Crippen molar-refractivity contribution in [2.45, 2.75) is 44.9 Å². The van der Waals surface area contributed by atoms with Crippen molar-refractivity contribution in [3.05, 3.63) is 64.6 Å². The maximum Gasteiger partial charge on any atom is 0.573 e. The van der Waals surface area contributed by atoms with Crippen LogP contribution < -0.4 is 10.1 Å². The first-order valence-electron chi connectivity index (χ1n) is 11.8. The number of alkyl halides is 3. The summed E-state index contributed by atoms with van der Waals surface area (Å²) in [6, 6.07) is 12.7. The zero-order valence-electron chi connectivity index (χ0n) is 19.5. The van der Waals surface area contributed by atoms with Gasteiger partial charge in [0.05, 0.1) is 5.01 Å². The maximum absolute atomic E-state index is 13.0. The van der Waals surface area contributed by atoms with Crippen LogP contribution in [0.5, 0.6) is 5.75 Å². The number of halogens is 3. The zero-order valence-corrected chi connectivity index (χ0v) is 20.3. The molecule has 0 unspecified atom stereocenters. The minimum Gasteiger partial charge on any atom is -0.406 e. The number of aromatic nitrogens is 1. The number of carbonyl (C=O) groups is 1. The number of carbonyl (C=O) groups excluding carboxylic acids is 1. The summed E-state index contributed by atoms with van der Waals surface area (Å²) >= 11 is 1.52. The number of likely N-dealkylation sites (tertiary alicyclic amines) is 1. The summed E-state index contributed by atoms with van der Waals surface area (Å²) in [5.41, 5.74) is 2.28. The number of thiazole rings is 1. The number of hydrogen-bond acceptors (Lipinski definition) is 5. The zero-order chi connectivity index (χ0) is 24.8. The molecule has 0 saturated carbocycles. The van der Waals surface area contributed by atoms with E-state index >= 15 is 0 Å². The molecule has 3 aromatic rings. The van der Waals surface area contributed by atoms with Crippen molar-refractivity contribution >= 4 is 22.9 Å². The standard InChI is InChI=1S/C26H28F3N3O2S/c1-2-3-14-32-15-12-19(13-16-32)25-31-23(17-35-25)24(33)30-22-7-5-4-6-21(22)18-8-10-20(11-9-18)34-26(27,28)29/h4-11,17,19H,2-3,12-16H2,1H3,(H,30,33). The number of piperidine rings is 1. The van der Waals surface area contributed by atoms with E-state index in [0.29, 0.717) is 28.4 Å². The van der Waals surface area contributed by atoms with Crippen LogP contribution in [-0.2, 0) is 0 Å². The van der Waals surface area contributed by atoms with Crippen molar-refractivity contribution in [2.75, 3.05) is 25.0 Å². The molecular formula is C26H28F3N3O2S. The Bertz CT molecular complexity index is 1120. The number of hydrogen-bond donors (Lipinski definition) is 1. The molecule has 1 saturated heterocycles. The van der Waals surface area contributed by atoms with Crippen LogP contribution in [0.15, 0.2) is 53.9 Å². The highest BCUT2D eigenvalue weighted by Gasteiger charge is 2.31. The van der Waals surface area contributed by atoms with Crippen molar-refractivity contribution in [1.29, 1.82) is 0 Å². The molecule has 5 nitrogen and oxygen atoms in total. The minimum atomic E-state index is -4.74. The minimum absolute atomic E-state index is 0.297. The second-order valence-corrected chi connectivity index (χ2v) is 9.50. The highest BCUT2D eigenvalue weighted by molar-refractivity contribution is 7.10. The van der Waals surface area contributed by atoms with Gasteiger partial charge in [-0.25, -0.2) is 4.98 Å². The van der Waals surface area contributed by atoms with Gasteiger partial charge in [-0.15, -0.1) is 24.5 Å². The first-order chi connectivity index (χ1) is 16.8. The quantitative estimate of drug-likeness (QED) is 0.362. The highest BCUT2D eigenvalue weighted by atomic mass is 32.1. The van der Waals surface area contributed by atoms with E-state index in [1.807, 2.05) is 0 Å². The molecule has 1 aliphatic heterocycles. The summed E-state index contributed by atoms with van der Waals surface area (Å²) in [6.45, 7) is 5.47. The van der Waals surface area contributed by atoms with E-state index in [1.54, 1.807) is 29.6 Å². The van der Waals surface area contributed by atoms with Gasteiger partial charge in [0.1, 0.15) is 11.4 Å².